The molecule has 2 aromatic rings. The SMILES string of the molecule is COC1=C(OC)N=NC([C@H]2CC[C@@H](CN[C@H]3C[C@@H](O)[C@@H](N(C)c4nc(OC)nc5sc(CC(F)(F)F)cc45)C3)CC2)C1. The lowest BCUT2D eigenvalue weighted by Gasteiger charge is -2.33. The van der Waals surface area contributed by atoms with Crippen LogP contribution in [0.25, 0.3) is 10.2 Å². The van der Waals surface area contributed by atoms with Crippen LogP contribution in [0.2, 0.25) is 0 Å². The van der Waals surface area contributed by atoms with Gasteiger partial charge in [0.1, 0.15) is 10.6 Å². The zero-order chi connectivity index (χ0) is 30.0. The van der Waals surface area contributed by atoms with Gasteiger partial charge in [0, 0.05) is 24.4 Å². The van der Waals surface area contributed by atoms with E-state index in [4.69, 9.17) is 14.2 Å². The lowest BCUT2D eigenvalue weighted by atomic mass is 9.77. The molecule has 1 aliphatic heterocycles. The highest BCUT2D eigenvalue weighted by Gasteiger charge is 2.38. The number of aliphatic hydroxyl groups is 1. The number of halogens is 3. The number of fused-ring (bicyclic) bond motifs is 1. The first kappa shape index (κ1) is 30.7. The van der Waals surface area contributed by atoms with Crippen LogP contribution < -0.4 is 15.0 Å². The molecule has 2 saturated carbocycles. The number of rotatable bonds is 10. The van der Waals surface area contributed by atoms with Gasteiger partial charge in [-0.15, -0.1) is 16.5 Å². The number of hydrogen-bond acceptors (Lipinski definition) is 11. The van der Waals surface area contributed by atoms with Crippen LogP contribution >= 0.6 is 11.3 Å². The number of anilines is 1. The molecule has 2 aromatic heterocycles. The average Bonchev–Trinajstić information content (AvgIpc) is 3.55. The number of ether oxygens (including phenoxy) is 3. The lowest BCUT2D eigenvalue weighted by Crippen LogP contribution is -2.39. The second kappa shape index (κ2) is 12.9. The molecule has 0 radical (unpaired) electrons. The van der Waals surface area contributed by atoms with E-state index >= 15 is 0 Å². The summed E-state index contributed by atoms with van der Waals surface area (Å²) < 4.78 is 55.1. The van der Waals surface area contributed by atoms with Crippen LogP contribution in [-0.2, 0) is 15.9 Å². The first-order valence-corrected chi connectivity index (χ1v) is 15.2. The molecule has 5 rings (SSSR count). The summed E-state index contributed by atoms with van der Waals surface area (Å²) >= 11 is 0.987. The highest BCUT2D eigenvalue weighted by molar-refractivity contribution is 7.18. The Bertz CT molecular complexity index is 1300. The largest absolute Gasteiger partial charge is 0.495 e. The molecule has 0 saturated heterocycles. The molecule has 2 fully saturated rings. The number of hydrogen-bond donors (Lipinski definition) is 2. The van der Waals surface area contributed by atoms with Crippen molar-refractivity contribution in [2.75, 3.05) is 39.8 Å². The van der Waals surface area contributed by atoms with Crippen LogP contribution in [0.5, 0.6) is 6.01 Å². The van der Waals surface area contributed by atoms with Gasteiger partial charge in [-0.1, -0.05) is 0 Å². The number of aromatic nitrogens is 2. The Labute approximate surface area is 247 Å². The van der Waals surface area contributed by atoms with Gasteiger partial charge < -0.3 is 29.5 Å². The van der Waals surface area contributed by atoms with Gasteiger partial charge in [-0.05, 0) is 63.0 Å². The van der Waals surface area contributed by atoms with Crippen molar-refractivity contribution in [3.05, 3.63) is 22.6 Å². The minimum Gasteiger partial charge on any atom is -0.495 e. The van der Waals surface area contributed by atoms with E-state index < -0.39 is 18.7 Å². The Morgan fingerprint density at radius 1 is 1.07 bits per heavy atom. The maximum Gasteiger partial charge on any atom is 0.393 e. The summed E-state index contributed by atoms with van der Waals surface area (Å²) in [6, 6.07) is 1.59. The zero-order valence-corrected chi connectivity index (χ0v) is 25.2. The minimum absolute atomic E-state index is 0.0887. The van der Waals surface area contributed by atoms with Gasteiger partial charge in [0.05, 0.1) is 51.3 Å². The zero-order valence-electron chi connectivity index (χ0n) is 24.4. The first-order chi connectivity index (χ1) is 20.1. The predicted octanol–water partition coefficient (Wildman–Crippen LogP) is 5.22. The Kier molecular flexibility index (Phi) is 9.43. The predicted molar refractivity (Wildman–Crippen MR) is 153 cm³/mol. The number of methoxy groups -OCH3 is 3. The topological polar surface area (TPSA) is 114 Å². The van der Waals surface area contributed by atoms with Crippen molar-refractivity contribution in [3.63, 3.8) is 0 Å². The fourth-order valence-electron chi connectivity index (χ4n) is 6.51. The van der Waals surface area contributed by atoms with Gasteiger partial charge in [-0.3, -0.25) is 0 Å². The number of likely N-dealkylation sites (N-methyl/N-ethyl adjacent to an activating group) is 1. The summed E-state index contributed by atoms with van der Waals surface area (Å²) in [5, 5.41) is 23.9. The molecular formula is C28H39F3N6O4S. The third kappa shape index (κ3) is 6.91. The van der Waals surface area contributed by atoms with Crippen LogP contribution in [-0.4, -0.2) is 80.4 Å². The van der Waals surface area contributed by atoms with Crippen molar-refractivity contribution in [3.8, 4) is 6.01 Å². The Morgan fingerprint density at radius 3 is 2.50 bits per heavy atom. The number of thiophene rings is 1. The molecular weight excluding hydrogens is 573 g/mol. The highest BCUT2D eigenvalue weighted by atomic mass is 32.1. The van der Waals surface area contributed by atoms with Crippen LogP contribution in [0.4, 0.5) is 19.0 Å². The fourth-order valence-corrected chi connectivity index (χ4v) is 7.56. The molecule has 0 amide bonds. The molecule has 232 valence electrons. The van der Waals surface area contributed by atoms with Crippen LogP contribution in [0.1, 0.15) is 49.8 Å². The van der Waals surface area contributed by atoms with Gasteiger partial charge in [-0.25, -0.2) is 0 Å². The van der Waals surface area contributed by atoms with E-state index in [1.165, 1.54) is 13.2 Å². The first-order valence-electron chi connectivity index (χ1n) is 14.4. The van der Waals surface area contributed by atoms with Gasteiger partial charge in [0.2, 0.25) is 0 Å². The summed E-state index contributed by atoms with van der Waals surface area (Å²) in [7, 11) is 6.46. The Hall–Kier alpha value is -2.71. The number of azo groups is 1. The number of aliphatic hydroxyl groups excluding tert-OH is 1. The standard InChI is InChI=1S/C28H39F3N6O4S/c1-37(24-19-11-18(13-28(29,30)31)42-26(19)34-27(33-24)41-4)21-9-17(10-22(21)38)32-14-15-5-7-16(8-6-15)20-12-23(39-2)25(40-3)36-35-20/h11,15-17,20-22,32,38H,5-10,12-14H2,1-4H3/t15-,16+,17-,20?,21+,22-/m1/s1. The molecule has 10 nitrogen and oxygen atoms in total. The van der Waals surface area contributed by atoms with E-state index in [9.17, 15) is 18.3 Å². The van der Waals surface area contributed by atoms with E-state index in [0.29, 0.717) is 53.0 Å². The molecule has 3 heterocycles. The lowest BCUT2D eigenvalue weighted by molar-refractivity contribution is -0.126. The van der Waals surface area contributed by atoms with Gasteiger partial charge >= 0.3 is 12.2 Å². The maximum absolute atomic E-state index is 13.1. The Morgan fingerprint density at radius 2 is 1.83 bits per heavy atom. The van der Waals surface area contributed by atoms with Crippen molar-refractivity contribution in [2.24, 2.45) is 22.1 Å². The molecule has 42 heavy (non-hydrogen) atoms. The van der Waals surface area contributed by atoms with E-state index in [0.717, 1.165) is 49.3 Å². The van der Waals surface area contributed by atoms with Crippen LogP contribution in [0.3, 0.4) is 0 Å². The van der Waals surface area contributed by atoms with Crippen molar-refractivity contribution in [1.29, 1.82) is 0 Å². The third-order valence-corrected chi connectivity index (χ3v) is 9.82. The van der Waals surface area contributed by atoms with Gasteiger partial charge in [-0.2, -0.15) is 28.3 Å². The van der Waals surface area contributed by atoms with Crippen molar-refractivity contribution in [1.82, 2.24) is 15.3 Å². The van der Waals surface area contributed by atoms with E-state index in [1.807, 2.05) is 11.9 Å². The number of nitrogens with one attached hydrogen (secondary N) is 1. The number of nitrogens with zero attached hydrogens (tertiary/aromatic N) is 5. The molecule has 0 bridgehead atoms. The minimum atomic E-state index is -4.32. The number of alkyl halides is 3. The van der Waals surface area contributed by atoms with E-state index in [1.54, 1.807) is 14.2 Å². The average molecular weight is 613 g/mol. The second-order valence-electron chi connectivity index (χ2n) is 11.5. The van der Waals surface area contributed by atoms with Crippen molar-refractivity contribution < 1.29 is 32.5 Å². The second-order valence-corrected chi connectivity index (χ2v) is 12.6. The molecule has 2 aliphatic carbocycles. The van der Waals surface area contributed by atoms with E-state index in [2.05, 4.69) is 25.5 Å². The molecule has 1 unspecified atom stereocenters. The highest BCUT2D eigenvalue weighted by Crippen LogP contribution is 2.39. The van der Waals surface area contributed by atoms with Crippen LogP contribution in [0.15, 0.2) is 27.9 Å². The quantitative estimate of drug-likeness (QED) is 0.376. The van der Waals surface area contributed by atoms with Gasteiger partial charge in [0.25, 0.3) is 5.88 Å². The van der Waals surface area contributed by atoms with Crippen molar-refractivity contribution >= 4 is 27.4 Å². The third-order valence-electron chi connectivity index (χ3n) is 8.79. The molecule has 4 atom stereocenters. The summed E-state index contributed by atoms with van der Waals surface area (Å²) in [5.74, 6) is 2.69. The molecule has 14 heteroatoms. The normalized spacial score (nSPS) is 28.4. The molecule has 3 aliphatic rings. The monoisotopic (exact) mass is 612 g/mol. The summed E-state index contributed by atoms with van der Waals surface area (Å²) in [6.07, 6.45) is 0.410. The maximum atomic E-state index is 13.1. The molecule has 2 N–H and O–H groups in total. The van der Waals surface area contributed by atoms with E-state index in [-0.39, 0.29) is 29.0 Å². The van der Waals surface area contributed by atoms with Gasteiger partial charge in [0.15, 0.2) is 5.76 Å². The van der Waals surface area contributed by atoms with Crippen LogP contribution in [0, 0.1) is 11.8 Å². The smallest absolute Gasteiger partial charge is 0.393 e. The molecule has 0 spiro atoms. The summed E-state index contributed by atoms with van der Waals surface area (Å²) in [5.41, 5.74) is 0. The summed E-state index contributed by atoms with van der Waals surface area (Å²) in [4.78, 5) is 11.2. The fraction of sp³-hybridized carbons (Fsp3) is 0.714. The van der Waals surface area contributed by atoms with Crippen molar-refractivity contribution in [2.45, 2.75) is 81.8 Å². The summed E-state index contributed by atoms with van der Waals surface area (Å²) in [6.45, 7) is 0.876. The Balaban J connectivity index is 1.16. The molecule has 0 aromatic carbocycles.